The van der Waals surface area contributed by atoms with E-state index in [1.165, 1.54) is 4.90 Å². The van der Waals surface area contributed by atoms with Crippen LogP contribution in [0.1, 0.15) is 30.0 Å². The number of hydrogen-bond acceptors (Lipinski definition) is 3. The van der Waals surface area contributed by atoms with Crippen molar-refractivity contribution in [2.24, 2.45) is 11.8 Å². The third-order valence-electron chi connectivity index (χ3n) is 4.61. The first kappa shape index (κ1) is 19.0. The van der Waals surface area contributed by atoms with E-state index in [1.807, 2.05) is 39.8 Å². The summed E-state index contributed by atoms with van der Waals surface area (Å²) in [5.41, 5.74) is 3.91. The minimum atomic E-state index is -0.283. The van der Waals surface area contributed by atoms with Crippen LogP contribution in [-0.4, -0.2) is 42.8 Å². The van der Waals surface area contributed by atoms with Gasteiger partial charge in [0.05, 0.1) is 13.1 Å². The van der Waals surface area contributed by atoms with Gasteiger partial charge in [-0.25, -0.2) is 0 Å². The Bertz CT molecular complexity index is 676. The third-order valence-corrected chi connectivity index (χ3v) is 4.61. The van der Waals surface area contributed by atoms with Crippen LogP contribution >= 0.6 is 0 Å². The second-order valence-corrected chi connectivity index (χ2v) is 7.11. The summed E-state index contributed by atoms with van der Waals surface area (Å²) >= 11 is 0. The van der Waals surface area contributed by atoms with Crippen molar-refractivity contribution in [1.29, 1.82) is 0 Å². The molecule has 1 aromatic carbocycles. The van der Waals surface area contributed by atoms with Crippen LogP contribution in [0.4, 0.5) is 5.69 Å². The Balaban J connectivity index is 1.83. The van der Waals surface area contributed by atoms with Crippen LogP contribution in [0.5, 0.6) is 0 Å². The Morgan fingerprint density at radius 1 is 1.16 bits per heavy atom. The fourth-order valence-corrected chi connectivity index (χ4v) is 2.98. The van der Waals surface area contributed by atoms with E-state index in [1.54, 1.807) is 7.05 Å². The monoisotopic (exact) mass is 345 g/mol. The van der Waals surface area contributed by atoms with E-state index >= 15 is 0 Å². The first-order valence-electron chi connectivity index (χ1n) is 8.58. The summed E-state index contributed by atoms with van der Waals surface area (Å²) in [5.74, 6) is -0.180. The van der Waals surface area contributed by atoms with Crippen LogP contribution in [0, 0.1) is 32.6 Å². The van der Waals surface area contributed by atoms with E-state index < -0.39 is 0 Å². The lowest BCUT2D eigenvalue weighted by Crippen LogP contribution is -2.42. The molecular weight excluding hydrogens is 318 g/mol. The third kappa shape index (κ3) is 5.05. The fraction of sp³-hybridized carbons (Fsp3) is 0.526. The molecule has 136 valence electrons. The Morgan fingerprint density at radius 3 is 2.24 bits per heavy atom. The maximum absolute atomic E-state index is 12.2. The summed E-state index contributed by atoms with van der Waals surface area (Å²) < 4.78 is 0. The summed E-state index contributed by atoms with van der Waals surface area (Å²) in [6, 6.07) is 4.01. The molecule has 25 heavy (non-hydrogen) atoms. The zero-order chi connectivity index (χ0) is 18.7. The van der Waals surface area contributed by atoms with Crippen LogP contribution < -0.4 is 10.6 Å². The van der Waals surface area contributed by atoms with E-state index in [0.29, 0.717) is 5.92 Å². The SMILES string of the molecule is Cc1cc(C)c(NC(=O)CN(C)C(=O)CNC(=O)[C@H]2C[C@@H]2C)c(C)c1. The molecule has 0 heterocycles. The van der Waals surface area contributed by atoms with Crippen molar-refractivity contribution in [3.05, 3.63) is 28.8 Å². The number of carbonyl (C=O) groups excluding carboxylic acids is 3. The van der Waals surface area contributed by atoms with Gasteiger partial charge in [-0.05, 0) is 44.2 Å². The molecule has 1 aromatic rings. The zero-order valence-electron chi connectivity index (χ0n) is 15.6. The van der Waals surface area contributed by atoms with E-state index in [0.717, 1.165) is 28.8 Å². The van der Waals surface area contributed by atoms with Crippen molar-refractivity contribution in [2.75, 3.05) is 25.5 Å². The number of carbonyl (C=O) groups is 3. The molecule has 2 N–H and O–H groups in total. The molecule has 0 aromatic heterocycles. The van der Waals surface area contributed by atoms with Gasteiger partial charge in [-0.3, -0.25) is 14.4 Å². The van der Waals surface area contributed by atoms with Crippen molar-refractivity contribution in [1.82, 2.24) is 10.2 Å². The molecule has 2 atom stereocenters. The van der Waals surface area contributed by atoms with Gasteiger partial charge in [-0.15, -0.1) is 0 Å². The molecule has 1 saturated carbocycles. The number of rotatable bonds is 6. The smallest absolute Gasteiger partial charge is 0.243 e. The quantitative estimate of drug-likeness (QED) is 0.825. The lowest BCUT2D eigenvalue weighted by Gasteiger charge is -2.18. The molecule has 0 saturated heterocycles. The molecule has 0 radical (unpaired) electrons. The number of anilines is 1. The number of nitrogens with one attached hydrogen (secondary N) is 2. The van der Waals surface area contributed by atoms with E-state index in [4.69, 9.17) is 0 Å². The van der Waals surface area contributed by atoms with Crippen LogP contribution in [0.15, 0.2) is 12.1 Å². The fourth-order valence-electron chi connectivity index (χ4n) is 2.98. The van der Waals surface area contributed by atoms with Crippen molar-refractivity contribution < 1.29 is 14.4 Å². The molecule has 0 bridgehead atoms. The van der Waals surface area contributed by atoms with E-state index in [9.17, 15) is 14.4 Å². The van der Waals surface area contributed by atoms with Crippen molar-refractivity contribution in [2.45, 2.75) is 34.1 Å². The van der Waals surface area contributed by atoms with Gasteiger partial charge in [-0.2, -0.15) is 0 Å². The second kappa shape index (κ2) is 7.68. The average Bonchev–Trinajstić information content (AvgIpc) is 3.25. The highest BCUT2D eigenvalue weighted by molar-refractivity contribution is 5.96. The minimum absolute atomic E-state index is 0.0360. The summed E-state index contributed by atoms with van der Waals surface area (Å²) in [6.07, 6.45) is 0.882. The molecule has 6 heteroatoms. The highest BCUT2D eigenvalue weighted by Gasteiger charge is 2.39. The Hall–Kier alpha value is -2.37. The summed E-state index contributed by atoms with van der Waals surface area (Å²) in [7, 11) is 1.56. The molecular formula is C19H27N3O3. The molecule has 0 spiro atoms. The predicted octanol–water partition coefficient (Wildman–Crippen LogP) is 1.78. The van der Waals surface area contributed by atoms with Crippen molar-refractivity contribution in [3.63, 3.8) is 0 Å². The summed E-state index contributed by atoms with van der Waals surface area (Å²) in [6.45, 7) is 7.78. The molecule has 2 rings (SSSR count). The van der Waals surface area contributed by atoms with Crippen LogP contribution in [-0.2, 0) is 14.4 Å². The summed E-state index contributed by atoms with van der Waals surface area (Å²) in [5, 5.41) is 5.51. The van der Waals surface area contributed by atoms with Gasteiger partial charge < -0.3 is 15.5 Å². The van der Waals surface area contributed by atoms with Crippen LogP contribution in [0.3, 0.4) is 0 Å². The second-order valence-electron chi connectivity index (χ2n) is 7.11. The number of nitrogens with zero attached hydrogens (tertiary/aromatic N) is 1. The van der Waals surface area contributed by atoms with E-state index in [2.05, 4.69) is 10.6 Å². The minimum Gasteiger partial charge on any atom is -0.347 e. The lowest BCUT2D eigenvalue weighted by atomic mass is 10.1. The molecule has 1 aliphatic carbocycles. The number of amides is 3. The van der Waals surface area contributed by atoms with Gasteiger partial charge in [0.2, 0.25) is 17.7 Å². The topological polar surface area (TPSA) is 78.5 Å². The largest absolute Gasteiger partial charge is 0.347 e. The van der Waals surface area contributed by atoms with Gasteiger partial charge >= 0.3 is 0 Å². The zero-order valence-corrected chi connectivity index (χ0v) is 15.6. The maximum atomic E-state index is 12.2. The molecule has 6 nitrogen and oxygen atoms in total. The normalized spacial score (nSPS) is 18.4. The van der Waals surface area contributed by atoms with Gasteiger partial charge in [0.25, 0.3) is 0 Å². The number of aryl methyl sites for hydroxylation is 3. The molecule has 1 fully saturated rings. The van der Waals surface area contributed by atoms with Gasteiger partial charge in [0.15, 0.2) is 0 Å². The number of hydrogen-bond donors (Lipinski definition) is 2. The number of likely N-dealkylation sites (N-methyl/N-ethyl adjacent to an activating group) is 1. The van der Waals surface area contributed by atoms with Crippen LogP contribution in [0.25, 0.3) is 0 Å². The first-order valence-corrected chi connectivity index (χ1v) is 8.58. The maximum Gasteiger partial charge on any atom is 0.243 e. The predicted molar refractivity (Wildman–Crippen MR) is 97.2 cm³/mol. The van der Waals surface area contributed by atoms with Gasteiger partial charge in [0, 0.05) is 18.7 Å². The number of benzene rings is 1. The lowest BCUT2D eigenvalue weighted by molar-refractivity contribution is -0.134. The standard InChI is InChI=1S/C19H27N3O3/c1-11-6-13(3)18(14(4)7-11)21-16(23)10-22(5)17(24)9-20-19(25)15-8-12(15)2/h6-7,12,15H,8-10H2,1-5H3,(H,20,25)(H,21,23)/t12-,15-/m0/s1. The highest BCUT2D eigenvalue weighted by Crippen LogP contribution is 2.37. The molecule has 0 unspecified atom stereocenters. The van der Waals surface area contributed by atoms with E-state index in [-0.39, 0.29) is 36.7 Å². The first-order chi connectivity index (χ1) is 11.7. The molecule has 0 aliphatic heterocycles. The average molecular weight is 345 g/mol. The van der Waals surface area contributed by atoms with Gasteiger partial charge in [-0.1, -0.05) is 24.6 Å². The Morgan fingerprint density at radius 2 is 1.72 bits per heavy atom. The molecule has 3 amide bonds. The summed E-state index contributed by atoms with van der Waals surface area (Å²) in [4.78, 5) is 37.4. The van der Waals surface area contributed by atoms with Gasteiger partial charge in [0.1, 0.15) is 0 Å². The Kier molecular flexibility index (Phi) is 5.82. The Labute approximate surface area is 149 Å². The van der Waals surface area contributed by atoms with Crippen LogP contribution in [0.2, 0.25) is 0 Å². The van der Waals surface area contributed by atoms with Crippen molar-refractivity contribution in [3.8, 4) is 0 Å². The molecule has 1 aliphatic rings. The van der Waals surface area contributed by atoms with Crippen molar-refractivity contribution >= 4 is 23.4 Å². The highest BCUT2D eigenvalue weighted by atomic mass is 16.2.